The van der Waals surface area contributed by atoms with Gasteiger partial charge in [0.2, 0.25) is 11.8 Å². The average Bonchev–Trinajstić information content (AvgIpc) is 2.98. The lowest BCUT2D eigenvalue weighted by molar-refractivity contribution is -0.145. The summed E-state index contributed by atoms with van der Waals surface area (Å²) in [5.74, 6) is -1.03. The van der Waals surface area contributed by atoms with Gasteiger partial charge in [-0.25, -0.2) is 4.79 Å². The summed E-state index contributed by atoms with van der Waals surface area (Å²) >= 11 is 0. The summed E-state index contributed by atoms with van der Waals surface area (Å²) in [5.41, 5.74) is 7.30. The minimum absolute atomic E-state index is 0.102. The van der Waals surface area contributed by atoms with Crippen LogP contribution >= 0.6 is 0 Å². The van der Waals surface area contributed by atoms with E-state index in [9.17, 15) is 19.2 Å². The highest BCUT2D eigenvalue weighted by molar-refractivity contribution is 5.93. The van der Waals surface area contributed by atoms with E-state index in [2.05, 4.69) is 10.6 Å². The summed E-state index contributed by atoms with van der Waals surface area (Å²) in [5, 5.41) is 5.55. The van der Waals surface area contributed by atoms with Gasteiger partial charge in [-0.3, -0.25) is 14.4 Å². The van der Waals surface area contributed by atoms with E-state index < -0.39 is 29.9 Å². The van der Waals surface area contributed by atoms with Crippen molar-refractivity contribution in [3.63, 3.8) is 0 Å². The van der Waals surface area contributed by atoms with Gasteiger partial charge in [0, 0.05) is 25.7 Å². The molecule has 226 valence electrons. The Morgan fingerprint density at radius 3 is 2.00 bits per heavy atom. The van der Waals surface area contributed by atoms with Crippen molar-refractivity contribution < 1.29 is 33.4 Å². The molecule has 0 saturated heterocycles. The number of rotatable bonds is 6. The summed E-state index contributed by atoms with van der Waals surface area (Å²) in [6.45, 7) is 2.52. The number of ketones is 1. The maximum atomic E-state index is 13.5. The van der Waals surface area contributed by atoms with Crippen molar-refractivity contribution in [2.24, 2.45) is 11.7 Å². The Morgan fingerprint density at radius 2 is 1.48 bits per heavy atom. The van der Waals surface area contributed by atoms with Crippen molar-refractivity contribution in [2.45, 2.75) is 57.5 Å². The fourth-order valence-electron chi connectivity index (χ4n) is 4.70. The van der Waals surface area contributed by atoms with Crippen LogP contribution in [0.3, 0.4) is 0 Å². The normalized spacial score (nSPS) is 21.0. The Bertz CT molecular complexity index is 1210. The van der Waals surface area contributed by atoms with Crippen LogP contribution < -0.4 is 25.8 Å². The fraction of sp³-hybridized carbons (Fsp3) is 0.438. The summed E-state index contributed by atoms with van der Waals surface area (Å²) in [7, 11) is 1.26. The van der Waals surface area contributed by atoms with Gasteiger partial charge >= 0.3 is 5.97 Å². The van der Waals surface area contributed by atoms with Crippen molar-refractivity contribution in [3.8, 4) is 11.5 Å². The fourth-order valence-corrected chi connectivity index (χ4v) is 4.70. The molecule has 0 spiro atoms. The molecule has 0 unspecified atom stereocenters. The van der Waals surface area contributed by atoms with Crippen LogP contribution in [0.4, 0.5) is 0 Å². The maximum Gasteiger partial charge on any atom is 0.328 e. The molecule has 0 fully saturated rings. The minimum atomic E-state index is -0.949. The van der Waals surface area contributed by atoms with Crippen molar-refractivity contribution >= 4 is 23.6 Å². The number of esters is 1. The molecule has 10 nitrogen and oxygen atoms in total. The third kappa shape index (κ3) is 10.7. The van der Waals surface area contributed by atoms with Crippen LogP contribution in [0.15, 0.2) is 60.7 Å². The van der Waals surface area contributed by atoms with E-state index >= 15 is 0 Å². The Labute approximate surface area is 247 Å². The highest BCUT2D eigenvalue weighted by Gasteiger charge is 2.30. The standard InChI is InChI=1S/C32H41N3O7/c1-22(36)34-28-19-23-8-12-26(13-9-23)41-17-5-6-18-42-27-14-10-24(11-15-27)20-29(32(39)40-2)35-31(38)25(21-30(28)37)7-3-4-16-33/h5-6,8-15,25,28-29H,3-4,7,16-21,33H2,1-2H3,(H,34,36)(H,35,38)/b6-5-/t25-,28-,29-/m0/s1. The van der Waals surface area contributed by atoms with Gasteiger partial charge in [0.15, 0.2) is 5.78 Å². The number of nitrogens with two attached hydrogens (primary N) is 1. The number of methoxy groups -OCH3 is 1. The summed E-state index contributed by atoms with van der Waals surface area (Å²) in [6, 6.07) is 12.8. The smallest absolute Gasteiger partial charge is 0.328 e. The first-order valence-corrected chi connectivity index (χ1v) is 14.3. The van der Waals surface area contributed by atoms with Gasteiger partial charge < -0.3 is 30.6 Å². The number of benzene rings is 2. The molecule has 0 radical (unpaired) electrons. The second kappa shape index (κ2) is 16.9. The molecule has 6 rings (SSSR count). The first-order valence-electron chi connectivity index (χ1n) is 14.3. The quantitative estimate of drug-likeness (QED) is 0.269. The van der Waals surface area contributed by atoms with Crippen LogP contribution in [-0.2, 0) is 36.8 Å². The first-order chi connectivity index (χ1) is 20.3. The SMILES string of the molecule is COC(=O)[C@@H]1Cc2ccc(cc2)OC/C=C\COc2ccc(cc2)C[C@H](NC(C)=O)C(=O)C[C@H](CCCCN)C(=O)N1. The van der Waals surface area contributed by atoms with Crippen molar-refractivity contribution in [2.75, 3.05) is 26.9 Å². The molecule has 0 saturated carbocycles. The molecule has 0 aliphatic carbocycles. The number of hydrogen-bond donors (Lipinski definition) is 3. The van der Waals surface area contributed by atoms with E-state index in [0.717, 1.165) is 11.1 Å². The number of hydrogen-bond acceptors (Lipinski definition) is 8. The predicted octanol–water partition coefficient (Wildman–Crippen LogP) is 2.67. The van der Waals surface area contributed by atoms with Crippen molar-refractivity contribution in [1.82, 2.24) is 10.6 Å². The molecule has 4 heterocycles. The van der Waals surface area contributed by atoms with Gasteiger partial charge in [-0.2, -0.15) is 0 Å². The Hall–Kier alpha value is -4.18. The largest absolute Gasteiger partial charge is 0.490 e. The summed E-state index contributed by atoms with van der Waals surface area (Å²) in [4.78, 5) is 51.7. The van der Waals surface area contributed by atoms with Crippen LogP contribution in [0.2, 0.25) is 0 Å². The van der Waals surface area contributed by atoms with E-state index in [0.29, 0.717) is 50.5 Å². The van der Waals surface area contributed by atoms with Gasteiger partial charge in [-0.05, 0) is 73.4 Å². The first kappa shape index (κ1) is 32.3. The topological polar surface area (TPSA) is 146 Å². The zero-order valence-corrected chi connectivity index (χ0v) is 24.3. The second-order valence-corrected chi connectivity index (χ2v) is 10.3. The Kier molecular flexibility index (Phi) is 13.0. The Balaban J connectivity index is 1.90. The van der Waals surface area contributed by atoms with Gasteiger partial charge in [0.25, 0.3) is 0 Å². The third-order valence-electron chi connectivity index (χ3n) is 6.98. The molecule has 4 bridgehead atoms. The zero-order valence-electron chi connectivity index (χ0n) is 24.3. The number of carbonyl (C=O) groups excluding carboxylic acids is 4. The minimum Gasteiger partial charge on any atom is -0.490 e. The van der Waals surface area contributed by atoms with Crippen molar-refractivity contribution in [3.05, 3.63) is 71.8 Å². The van der Waals surface area contributed by atoms with E-state index in [1.807, 2.05) is 48.6 Å². The highest BCUT2D eigenvalue weighted by atomic mass is 16.5. The van der Waals surface area contributed by atoms with E-state index in [4.69, 9.17) is 19.9 Å². The molecule has 3 atom stereocenters. The lowest BCUT2D eigenvalue weighted by Crippen LogP contribution is -2.47. The molecule has 2 aromatic carbocycles. The van der Waals surface area contributed by atoms with Crippen LogP contribution in [-0.4, -0.2) is 62.5 Å². The molecule has 4 aliphatic rings. The summed E-state index contributed by atoms with van der Waals surface area (Å²) in [6.07, 6.45) is 5.79. The molecule has 4 aliphatic heterocycles. The van der Waals surface area contributed by atoms with Crippen molar-refractivity contribution in [1.29, 1.82) is 0 Å². The number of ether oxygens (including phenoxy) is 3. The van der Waals surface area contributed by atoms with Crippen LogP contribution in [0, 0.1) is 5.92 Å². The third-order valence-corrected chi connectivity index (χ3v) is 6.98. The lowest BCUT2D eigenvalue weighted by atomic mass is 9.90. The highest BCUT2D eigenvalue weighted by Crippen LogP contribution is 2.20. The monoisotopic (exact) mass is 579 g/mol. The second-order valence-electron chi connectivity index (χ2n) is 10.3. The molecule has 2 aromatic rings. The maximum absolute atomic E-state index is 13.5. The average molecular weight is 580 g/mol. The molecular formula is C32H41N3O7. The lowest BCUT2D eigenvalue weighted by Gasteiger charge is -2.23. The molecule has 0 aromatic heterocycles. The van der Waals surface area contributed by atoms with Gasteiger partial charge in [0.05, 0.1) is 13.2 Å². The van der Waals surface area contributed by atoms with Crippen LogP contribution in [0.1, 0.15) is 43.7 Å². The van der Waals surface area contributed by atoms with E-state index in [1.165, 1.54) is 14.0 Å². The van der Waals surface area contributed by atoms with Crippen LogP contribution in [0.5, 0.6) is 11.5 Å². The number of nitrogens with one attached hydrogen (secondary N) is 2. The Morgan fingerprint density at radius 1 is 0.905 bits per heavy atom. The molecule has 42 heavy (non-hydrogen) atoms. The predicted molar refractivity (Wildman–Crippen MR) is 158 cm³/mol. The molecular weight excluding hydrogens is 538 g/mol. The number of Topliss-reactive ketones (excluding diaryl/α,β-unsaturated/α-hetero) is 1. The molecule has 10 heteroatoms. The van der Waals surface area contributed by atoms with Gasteiger partial charge in [0.1, 0.15) is 30.8 Å². The molecule has 4 N–H and O–H groups in total. The number of unbranched alkanes of at least 4 members (excludes halogenated alkanes) is 1. The van der Waals surface area contributed by atoms with E-state index in [-0.39, 0.29) is 31.0 Å². The number of amides is 2. The van der Waals surface area contributed by atoms with Crippen LogP contribution in [0.25, 0.3) is 0 Å². The van der Waals surface area contributed by atoms with Gasteiger partial charge in [-0.15, -0.1) is 0 Å². The van der Waals surface area contributed by atoms with Gasteiger partial charge in [-0.1, -0.05) is 30.7 Å². The summed E-state index contributed by atoms with van der Waals surface area (Å²) < 4.78 is 16.5. The van der Waals surface area contributed by atoms with E-state index in [1.54, 1.807) is 12.1 Å². The zero-order chi connectivity index (χ0) is 30.3. The molecule has 2 amide bonds. The number of carbonyl (C=O) groups is 4.